The van der Waals surface area contributed by atoms with Crippen molar-refractivity contribution in [3.63, 3.8) is 0 Å². The predicted molar refractivity (Wildman–Crippen MR) is 87.9 cm³/mol. The maximum Gasteiger partial charge on any atom is 0.118 e. The van der Waals surface area contributed by atoms with E-state index in [-0.39, 0.29) is 5.41 Å². The zero-order valence-corrected chi connectivity index (χ0v) is 14.8. The molecule has 0 aromatic heterocycles. The minimum absolute atomic E-state index is 0.188. The monoisotopic (exact) mass is 386 g/mol. The van der Waals surface area contributed by atoms with Crippen molar-refractivity contribution < 1.29 is 5.11 Å². The Morgan fingerprint density at radius 3 is 2.74 bits per heavy atom. The molecule has 19 heavy (non-hydrogen) atoms. The largest absolute Gasteiger partial charge is 0.508 e. The van der Waals surface area contributed by atoms with E-state index in [4.69, 9.17) is 0 Å². The summed E-state index contributed by atoms with van der Waals surface area (Å²) in [5.41, 5.74) is 2.63. The molecule has 0 bridgehead atoms. The van der Waals surface area contributed by atoms with Crippen LogP contribution in [0.3, 0.4) is 0 Å². The van der Waals surface area contributed by atoms with Gasteiger partial charge in [-0.15, -0.1) is 0 Å². The molecule has 1 aliphatic rings. The van der Waals surface area contributed by atoms with E-state index in [1.54, 1.807) is 6.07 Å². The Bertz CT molecular complexity index is 505. The maximum absolute atomic E-state index is 10.0. The van der Waals surface area contributed by atoms with Gasteiger partial charge in [0.05, 0.1) is 0 Å². The zero-order valence-electron chi connectivity index (χ0n) is 11.6. The summed E-state index contributed by atoms with van der Waals surface area (Å²) in [6, 6.07) is 5.66. The fourth-order valence-corrected chi connectivity index (χ4v) is 3.82. The van der Waals surface area contributed by atoms with E-state index in [1.807, 2.05) is 12.1 Å². The second-order valence-electron chi connectivity index (χ2n) is 6.00. The molecule has 1 nitrogen and oxygen atoms in total. The second kappa shape index (κ2) is 5.61. The molecule has 0 aliphatic heterocycles. The highest BCUT2D eigenvalue weighted by Crippen LogP contribution is 2.46. The number of phenols is 1. The molecule has 0 radical (unpaired) electrons. The van der Waals surface area contributed by atoms with E-state index in [9.17, 15) is 5.11 Å². The first kappa shape index (κ1) is 15.1. The van der Waals surface area contributed by atoms with Crippen molar-refractivity contribution in [2.75, 3.05) is 0 Å². The molecule has 1 aromatic rings. The smallest absolute Gasteiger partial charge is 0.118 e. The minimum Gasteiger partial charge on any atom is -0.508 e. The lowest BCUT2D eigenvalue weighted by Gasteiger charge is -2.42. The topological polar surface area (TPSA) is 20.2 Å². The van der Waals surface area contributed by atoms with Crippen molar-refractivity contribution in [2.45, 2.75) is 38.4 Å². The number of allylic oxidation sites excluding steroid dienone is 2. The summed E-state index contributed by atoms with van der Waals surface area (Å²) in [7, 11) is 0. The van der Waals surface area contributed by atoms with E-state index < -0.39 is 0 Å². The van der Waals surface area contributed by atoms with Crippen LogP contribution >= 0.6 is 31.9 Å². The summed E-state index contributed by atoms with van der Waals surface area (Å²) < 4.78 is 1.02. The average Bonchev–Trinajstić information content (AvgIpc) is 2.34. The Labute approximate surface area is 132 Å². The molecule has 1 aliphatic carbocycles. The van der Waals surface area contributed by atoms with Gasteiger partial charge in [-0.2, -0.15) is 0 Å². The van der Waals surface area contributed by atoms with Crippen LogP contribution in [-0.2, 0) is 6.42 Å². The molecule has 0 heterocycles. The van der Waals surface area contributed by atoms with Crippen LogP contribution in [-0.4, -0.2) is 9.93 Å². The summed E-state index contributed by atoms with van der Waals surface area (Å²) in [5.74, 6) is 0.842. The number of phenolic OH excluding ortho intramolecular Hbond substituents is 1. The van der Waals surface area contributed by atoms with Crippen LogP contribution in [0, 0.1) is 11.3 Å². The number of halogens is 2. The van der Waals surface area contributed by atoms with Crippen molar-refractivity contribution >= 4 is 31.9 Å². The molecule has 0 unspecified atom stereocenters. The lowest BCUT2D eigenvalue weighted by atomic mass is 9.66. The molecule has 3 heteroatoms. The first-order valence-corrected chi connectivity index (χ1v) is 8.31. The quantitative estimate of drug-likeness (QED) is 0.528. The molecule has 0 spiro atoms. The maximum atomic E-state index is 10.0. The Hall–Kier alpha value is -0.280. The number of alkyl halides is 1. The number of aromatic hydroxyl groups is 1. The molecule has 2 rings (SSSR count). The average molecular weight is 388 g/mol. The Morgan fingerprint density at radius 2 is 2.05 bits per heavy atom. The van der Waals surface area contributed by atoms with Crippen LogP contribution < -0.4 is 0 Å². The summed E-state index contributed by atoms with van der Waals surface area (Å²) >= 11 is 7.29. The van der Waals surface area contributed by atoms with E-state index in [0.717, 1.165) is 22.9 Å². The van der Waals surface area contributed by atoms with Crippen LogP contribution in [0.15, 0.2) is 34.3 Å². The first-order chi connectivity index (χ1) is 8.82. The number of rotatable bonds is 2. The van der Waals surface area contributed by atoms with Crippen LogP contribution in [0.5, 0.6) is 5.75 Å². The Kier molecular flexibility index (Phi) is 4.46. The minimum atomic E-state index is 0.188. The standard InChI is InChI=1S/C16H20Br2O/c1-10-4-7-15(18)16(2,3)13(10)9-11-8-12(17)5-6-14(11)19/h4-6,8,13,15,19H,7,9H2,1-3H3/t13-,15+/m0/s1. The van der Waals surface area contributed by atoms with Gasteiger partial charge in [-0.25, -0.2) is 0 Å². The Balaban J connectivity index is 2.33. The summed E-state index contributed by atoms with van der Waals surface area (Å²) in [5, 5.41) is 10.0. The highest BCUT2D eigenvalue weighted by atomic mass is 79.9. The highest BCUT2D eigenvalue weighted by Gasteiger charge is 2.39. The molecule has 0 saturated heterocycles. The van der Waals surface area contributed by atoms with Gasteiger partial charge in [-0.05, 0) is 54.9 Å². The molecule has 2 atom stereocenters. The SMILES string of the molecule is CC1=CC[C@@H](Br)C(C)(C)[C@H]1Cc1cc(Br)ccc1O. The van der Waals surface area contributed by atoms with Crippen LogP contribution in [0.2, 0.25) is 0 Å². The zero-order chi connectivity index (χ0) is 14.2. The first-order valence-electron chi connectivity index (χ1n) is 6.60. The van der Waals surface area contributed by atoms with Crippen LogP contribution in [0.4, 0.5) is 0 Å². The van der Waals surface area contributed by atoms with Gasteiger partial charge in [-0.3, -0.25) is 0 Å². The number of benzene rings is 1. The van der Waals surface area contributed by atoms with Gasteiger partial charge < -0.3 is 5.11 Å². The molecule has 1 aromatic carbocycles. The number of hydrogen-bond acceptors (Lipinski definition) is 1. The van der Waals surface area contributed by atoms with Crippen molar-refractivity contribution in [3.8, 4) is 5.75 Å². The molecule has 0 saturated carbocycles. The van der Waals surface area contributed by atoms with Gasteiger partial charge >= 0.3 is 0 Å². The molecule has 0 fully saturated rings. The lowest BCUT2D eigenvalue weighted by Crippen LogP contribution is -2.37. The Morgan fingerprint density at radius 1 is 1.37 bits per heavy atom. The second-order valence-corrected chi connectivity index (χ2v) is 8.02. The van der Waals surface area contributed by atoms with Gasteiger partial charge in [0.1, 0.15) is 5.75 Å². The van der Waals surface area contributed by atoms with Gasteiger partial charge in [-0.1, -0.05) is 57.4 Å². The fourth-order valence-electron chi connectivity index (χ4n) is 2.90. The van der Waals surface area contributed by atoms with Crippen molar-refractivity contribution in [1.29, 1.82) is 0 Å². The van der Waals surface area contributed by atoms with Crippen molar-refractivity contribution in [3.05, 3.63) is 39.9 Å². The third-order valence-electron chi connectivity index (χ3n) is 4.37. The van der Waals surface area contributed by atoms with E-state index in [2.05, 4.69) is 58.7 Å². The molecule has 0 amide bonds. The van der Waals surface area contributed by atoms with E-state index in [1.165, 1.54) is 5.57 Å². The van der Waals surface area contributed by atoms with Crippen LogP contribution in [0.1, 0.15) is 32.8 Å². The van der Waals surface area contributed by atoms with E-state index >= 15 is 0 Å². The van der Waals surface area contributed by atoms with Gasteiger partial charge in [0.15, 0.2) is 0 Å². The molecular formula is C16H20Br2O. The normalized spacial score (nSPS) is 26.1. The van der Waals surface area contributed by atoms with Gasteiger partial charge in [0.2, 0.25) is 0 Å². The predicted octanol–water partition coefficient (Wildman–Crippen LogP) is 5.45. The van der Waals surface area contributed by atoms with E-state index in [0.29, 0.717) is 16.5 Å². The highest BCUT2D eigenvalue weighted by molar-refractivity contribution is 9.10. The van der Waals surface area contributed by atoms with Gasteiger partial charge in [0, 0.05) is 9.30 Å². The lowest BCUT2D eigenvalue weighted by molar-refractivity contribution is 0.225. The van der Waals surface area contributed by atoms with Crippen molar-refractivity contribution in [1.82, 2.24) is 0 Å². The fraction of sp³-hybridized carbons (Fsp3) is 0.500. The molecule has 104 valence electrons. The molecular weight excluding hydrogens is 368 g/mol. The van der Waals surface area contributed by atoms with Gasteiger partial charge in [0.25, 0.3) is 0 Å². The third-order valence-corrected chi connectivity index (χ3v) is 6.41. The summed E-state index contributed by atoms with van der Waals surface area (Å²) in [6.07, 6.45) is 4.28. The number of hydrogen-bond donors (Lipinski definition) is 1. The van der Waals surface area contributed by atoms with Crippen molar-refractivity contribution in [2.24, 2.45) is 11.3 Å². The summed E-state index contributed by atoms with van der Waals surface area (Å²) in [6.45, 7) is 6.82. The third kappa shape index (κ3) is 3.08. The summed E-state index contributed by atoms with van der Waals surface area (Å²) in [4.78, 5) is 0.489. The molecule has 1 N–H and O–H groups in total. The van der Waals surface area contributed by atoms with Crippen LogP contribution in [0.25, 0.3) is 0 Å².